The summed E-state index contributed by atoms with van der Waals surface area (Å²) in [5, 5.41) is 2.78. The lowest BCUT2D eigenvalue weighted by Gasteiger charge is -2.20. The molecule has 0 amide bonds. The SMILES string of the molecule is O=S(=O)(O)CCCN1/C(=C/C(/C=C/c2ccccc2)=C/c2sc3ccc(Cl)cc3[n+]2CCCS(=O)(=O)O)Sc2ccc(Cl)cc21. The van der Waals surface area contributed by atoms with Gasteiger partial charge in [0.05, 0.1) is 22.2 Å². The lowest BCUT2D eigenvalue weighted by atomic mass is 10.1. The van der Waals surface area contributed by atoms with E-state index in [-0.39, 0.29) is 24.3 Å². The lowest BCUT2D eigenvalue weighted by Crippen LogP contribution is -2.36. The second kappa shape index (κ2) is 14.4. The molecule has 0 atom stereocenters. The monoisotopic (exact) mass is 723 g/mol. The van der Waals surface area contributed by atoms with Crippen LogP contribution in [0.2, 0.25) is 10.0 Å². The Hall–Kier alpha value is -2.68. The van der Waals surface area contributed by atoms with Crippen LogP contribution in [0.4, 0.5) is 5.69 Å². The molecule has 0 spiro atoms. The number of thioether (sulfide) groups is 1. The minimum atomic E-state index is -4.13. The van der Waals surface area contributed by atoms with Gasteiger partial charge in [0.15, 0.2) is 6.54 Å². The average molecular weight is 725 g/mol. The number of fused-ring (bicyclic) bond motifs is 2. The zero-order chi connectivity index (χ0) is 32.2. The third-order valence-corrected chi connectivity index (χ3v) is 11.1. The Morgan fingerprint density at radius 3 is 2.31 bits per heavy atom. The van der Waals surface area contributed by atoms with E-state index >= 15 is 0 Å². The number of hydrogen-bond acceptors (Lipinski definition) is 7. The maximum atomic E-state index is 11.5. The van der Waals surface area contributed by atoms with Gasteiger partial charge in [-0.15, -0.1) is 0 Å². The van der Waals surface area contributed by atoms with Crippen molar-refractivity contribution in [2.45, 2.75) is 24.3 Å². The van der Waals surface area contributed by atoms with Crippen LogP contribution in [0.25, 0.3) is 22.4 Å². The number of hydrogen-bond donors (Lipinski definition) is 2. The molecule has 3 aromatic carbocycles. The molecule has 0 aliphatic carbocycles. The number of benzene rings is 3. The van der Waals surface area contributed by atoms with Gasteiger partial charge in [0, 0.05) is 40.0 Å². The van der Waals surface area contributed by atoms with Gasteiger partial charge in [0.2, 0.25) is 5.52 Å². The van der Waals surface area contributed by atoms with Gasteiger partial charge in [-0.2, -0.15) is 21.4 Å². The van der Waals surface area contributed by atoms with E-state index in [1.165, 1.54) is 23.1 Å². The van der Waals surface area contributed by atoms with Crippen LogP contribution in [-0.4, -0.2) is 44.0 Å². The third-order valence-electron chi connectivity index (χ3n) is 6.80. The van der Waals surface area contributed by atoms with E-state index in [0.29, 0.717) is 23.1 Å². The van der Waals surface area contributed by atoms with E-state index in [2.05, 4.69) is 0 Å². The van der Waals surface area contributed by atoms with Gasteiger partial charge < -0.3 is 4.90 Å². The van der Waals surface area contributed by atoms with Crippen molar-refractivity contribution in [3.8, 4) is 0 Å². The molecule has 1 aromatic heterocycles. The molecule has 2 N–H and O–H groups in total. The summed E-state index contributed by atoms with van der Waals surface area (Å²) in [6, 6.07) is 20.9. The van der Waals surface area contributed by atoms with E-state index in [9.17, 15) is 25.9 Å². The number of aromatic nitrogens is 1. The predicted molar refractivity (Wildman–Crippen MR) is 185 cm³/mol. The van der Waals surface area contributed by atoms with E-state index in [4.69, 9.17) is 23.2 Å². The summed E-state index contributed by atoms with van der Waals surface area (Å²) in [6.07, 6.45) is 8.38. The largest absolute Gasteiger partial charge is 0.335 e. The van der Waals surface area contributed by atoms with E-state index in [1.54, 1.807) is 12.1 Å². The number of anilines is 1. The van der Waals surface area contributed by atoms with Crippen LogP contribution in [0, 0.1) is 0 Å². The predicted octanol–water partition coefficient (Wildman–Crippen LogP) is 7.60. The molecule has 236 valence electrons. The zero-order valence-corrected chi connectivity index (χ0v) is 28.5. The molecular formula is C31H29Cl2N2O6S4+. The molecule has 2 heterocycles. The first-order chi connectivity index (χ1) is 21.3. The second-order valence-electron chi connectivity index (χ2n) is 10.2. The summed E-state index contributed by atoms with van der Waals surface area (Å²) < 4.78 is 67.5. The fourth-order valence-electron chi connectivity index (χ4n) is 4.81. The molecule has 45 heavy (non-hydrogen) atoms. The van der Waals surface area contributed by atoms with Crippen LogP contribution in [-0.2, 0) is 26.8 Å². The molecule has 1 aliphatic rings. The van der Waals surface area contributed by atoms with Crippen molar-refractivity contribution in [3.63, 3.8) is 0 Å². The van der Waals surface area contributed by atoms with Crippen LogP contribution >= 0.6 is 46.3 Å². The lowest BCUT2D eigenvalue weighted by molar-refractivity contribution is -0.668. The van der Waals surface area contributed by atoms with E-state index in [1.807, 2.05) is 88.4 Å². The highest BCUT2D eigenvalue weighted by Crippen LogP contribution is 2.47. The summed E-state index contributed by atoms with van der Waals surface area (Å²) in [4.78, 5) is 2.95. The van der Waals surface area contributed by atoms with Crippen molar-refractivity contribution in [2.75, 3.05) is 23.0 Å². The Balaban J connectivity index is 1.60. The van der Waals surface area contributed by atoms with Gasteiger partial charge in [0.1, 0.15) is 4.70 Å². The highest BCUT2D eigenvalue weighted by Gasteiger charge is 2.26. The first-order valence-corrected chi connectivity index (χ1v) is 19.4. The van der Waals surface area contributed by atoms with Crippen molar-refractivity contribution in [3.05, 3.63) is 110 Å². The Morgan fingerprint density at radius 1 is 0.889 bits per heavy atom. The standard InChI is InChI=1S/C31H28Cl2N2O6S4/c32-24-10-12-28-26(20-24)34(14-4-16-44(36,37)38)30(42-28)18-23(9-8-22-6-2-1-3-7-22)19-31-35(15-5-17-45(39,40)41)27-21-25(33)11-13-29(27)43-31/h1-3,6-13,18-21H,4-5,14-17H2,(H-,36,37,38,39,40,41)/p+1/b9-8+. The second-order valence-corrected chi connectivity index (χ2v) is 16.4. The first kappa shape index (κ1) is 33.7. The number of nitrogens with zero attached hydrogens (tertiary/aromatic N) is 2. The number of allylic oxidation sites excluding steroid dienone is 3. The summed E-state index contributed by atoms with van der Waals surface area (Å²) >= 11 is 15.7. The Kier molecular flexibility index (Phi) is 10.8. The minimum Gasteiger partial charge on any atom is -0.335 e. The highest BCUT2D eigenvalue weighted by molar-refractivity contribution is 8.03. The smallest absolute Gasteiger partial charge is 0.265 e. The van der Waals surface area contributed by atoms with Gasteiger partial charge in [0.25, 0.3) is 25.2 Å². The van der Waals surface area contributed by atoms with Crippen molar-refractivity contribution in [2.24, 2.45) is 0 Å². The number of halogens is 2. The van der Waals surface area contributed by atoms with Crippen molar-refractivity contribution in [1.82, 2.24) is 0 Å². The summed E-state index contributed by atoms with van der Waals surface area (Å²) in [6.45, 7) is 0.664. The Labute approximate surface area is 280 Å². The van der Waals surface area contributed by atoms with Gasteiger partial charge in [-0.05, 0) is 54.0 Å². The van der Waals surface area contributed by atoms with Crippen molar-refractivity contribution in [1.29, 1.82) is 0 Å². The van der Waals surface area contributed by atoms with Gasteiger partial charge in [-0.25, -0.2) is 0 Å². The topological polar surface area (TPSA) is 116 Å². The summed E-state index contributed by atoms with van der Waals surface area (Å²) in [5.74, 6) is -0.746. The normalized spacial score (nSPS) is 15.1. The van der Waals surface area contributed by atoms with Crippen LogP contribution in [0.15, 0.2) is 94.4 Å². The molecule has 1 aliphatic heterocycles. The van der Waals surface area contributed by atoms with Crippen LogP contribution in [0.5, 0.6) is 0 Å². The molecule has 0 saturated carbocycles. The number of rotatable bonds is 12. The van der Waals surface area contributed by atoms with Gasteiger partial charge in [-0.3, -0.25) is 9.11 Å². The van der Waals surface area contributed by atoms with E-state index in [0.717, 1.165) is 42.0 Å². The van der Waals surface area contributed by atoms with Crippen LogP contribution < -0.4 is 9.47 Å². The van der Waals surface area contributed by atoms with Gasteiger partial charge >= 0.3 is 0 Å². The van der Waals surface area contributed by atoms with Crippen molar-refractivity contribution < 1.29 is 30.5 Å². The van der Waals surface area contributed by atoms with Crippen molar-refractivity contribution >= 4 is 94.6 Å². The molecule has 0 radical (unpaired) electrons. The Bertz CT molecular complexity index is 2030. The van der Waals surface area contributed by atoms with Crippen LogP contribution in [0.3, 0.4) is 0 Å². The molecule has 14 heteroatoms. The molecule has 5 rings (SSSR count). The maximum Gasteiger partial charge on any atom is 0.265 e. The van der Waals surface area contributed by atoms with Gasteiger partial charge in [-0.1, -0.05) is 88.8 Å². The average Bonchev–Trinajstić information content (AvgIpc) is 3.47. The number of thiazole rings is 1. The molecule has 0 unspecified atom stereocenters. The number of aryl methyl sites for hydroxylation is 1. The molecule has 4 aromatic rings. The fourth-order valence-corrected chi connectivity index (χ4v) is 8.39. The fraction of sp³-hybridized carbons (Fsp3) is 0.194. The third kappa shape index (κ3) is 9.43. The molecule has 0 fully saturated rings. The summed E-state index contributed by atoms with van der Waals surface area (Å²) in [7, 11) is -8.25. The Morgan fingerprint density at radius 2 is 1.58 bits per heavy atom. The highest BCUT2D eigenvalue weighted by atomic mass is 35.5. The molecular weight excluding hydrogens is 696 g/mol. The zero-order valence-electron chi connectivity index (χ0n) is 23.7. The maximum absolute atomic E-state index is 11.5. The molecule has 8 nitrogen and oxygen atoms in total. The summed E-state index contributed by atoms with van der Waals surface area (Å²) in [5.41, 5.74) is 3.50. The van der Waals surface area contributed by atoms with E-state index < -0.39 is 20.2 Å². The minimum absolute atomic E-state index is 0.201. The molecule has 0 bridgehead atoms. The first-order valence-electron chi connectivity index (χ1n) is 13.8. The quantitative estimate of drug-likeness (QED) is 0.0873. The molecule has 0 saturated heterocycles. The van der Waals surface area contributed by atoms with Crippen LogP contribution in [0.1, 0.15) is 23.4 Å².